The van der Waals surface area contributed by atoms with Crippen LogP contribution >= 0.6 is 0 Å². The predicted octanol–water partition coefficient (Wildman–Crippen LogP) is 0.00790. The molecule has 0 aliphatic carbocycles. The summed E-state index contributed by atoms with van der Waals surface area (Å²) in [6, 6.07) is 0. The van der Waals surface area contributed by atoms with Gasteiger partial charge < -0.3 is 20.6 Å². The molecule has 0 radical (unpaired) electrons. The van der Waals surface area contributed by atoms with Crippen molar-refractivity contribution in [2.75, 3.05) is 26.8 Å². The lowest BCUT2D eigenvalue weighted by molar-refractivity contribution is -0.130. The third kappa shape index (κ3) is 5.90. The van der Waals surface area contributed by atoms with Crippen LogP contribution in [-0.4, -0.2) is 48.7 Å². The topological polar surface area (TPSA) is 88.1 Å². The van der Waals surface area contributed by atoms with Gasteiger partial charge >= 0.3 is 0 Å². The summed E-state index contributed by atoms with van der Waals surface area (Å²) in [6.07, 6.45) is 1.10. The first-order valence-corrected chi connectivity index (χ1v) is 4.88. The second-order valence-corrected chi connectivity index (χ2v) is 3.10. The van der Waals surface area contributed by atoms with E-state index < -0.39 is 0 Å². The number of nitrogens with two attached hydrogens (primary N) is 1. The van der Waals surface area contributed by atoms with E-state index >= 15 is 0 Å². The Kier molecular flexibility index (Phi) is 7.35. The number of carbonyl (C=O) groups excluding carboxylic acids is 1. The Labute approximate surface area is 89.7 Å². The van der Waals surface area contributed by atoms with Gasteiger partial charge in [-0.05, 0) is 13.3 Å². The Balaban J connectivity index is 3.99. The summed E-state index contributed by atoms with van der Waals surface area (Å²) in [5.41, 5.74) is 5.32. The Morgan fingerprint density at radius 3 is 2.73 bits per heavy atom. The van der Waals surface area contributed by atoms with E-state index in [2.05, 4.69) is 5.16 Å². The van der Waals surface area contributed by atoms with Crippen LogP contribution in [0.25, 0.3) is 0 Å². The monoisotopic (exact) mass is 217 g/mol. The fourth-order valence-corrected chi connectivity index (χ4v) is 1.13. The summed E-state index contributed by atoms with van der Waals surface area (Å²) in [4.78, 5) is 13.1. The predicted molar refractivity (Wildman–Crippen MR) is 56.8 cm³/mol. The van der Waals surface area contributed by atoms with Crippen LogP contribution < -0.4 is 5.73 Å². The zero-order valence-corrected chi connectivity index (χ0v) is 9.27. The first kappa shape index (κ1) is 13.7. The van der Waals surface area contributed by atoms with Crippen LogP contribution in [-0.2, 0) is 9.53 Å². The molecule has 15 heavy (non-hydrogen) atoms. The average Bonchev–Trinajstić information content (AvgIpc) is 2.25. The van der Waals surface area contributed by atoms with E-state index in [1.54, 1.807) is 7.11 Å². The molecule has 0 spiro atoms. The van der Waals surface area contributed by atoms with Gasteiger partial charge in [-0.2, -0.15) is 0 Å². The molecule has 0 saturated heterocycles. The molecule has 0 aromatic rings. The van der Waals surface area contributed by atoms with Crippen molar-refractivity contribution in [3.8, 4) is 0 Å². The first-order valence-electron chi connectivity index (χ1n) is 4.88. The van der Waals surface area contributed by atoms with E-state index in [4.69, 9.17) is 15.7 Å². The Morgan fingerprint density at radius 1 is 1.60 bits per heavy atom. The molecule has 0 heterocycles. The molecule has 0 aromatic heterocycles. The molecule has 6 heteroatoms. The molecule has 0 aliphatic rings. The Hall–Kier alpha value is -1.30. The molecule has 3 N–H and O–H groups in total. The molecule has 0 unspecified atom stereocenters. The van der Waals surface area contributed by atoms with Gasteiger partial charge in [-0.25, -0.2) is 0 Å². The fraction of sp³-hybridized carbons (Fsp3) is 0.778. The van der Waals surface area contributed by atoms with Crippen LogP contribution in [0.1, 0.15) is 19.8 Å². The van der Waals surface area contributed by atoms with Crippen molar-refractivity contribution < 1.29 is 14.7 Å². The van der Waals surface area contributed by atoms with Crippen LogP contribution in [0.3, 0.4) is 0 Å². The van der Waals surface area contributed by atoms with Crippen LogP contribution in [0.15, 0.2) is 5.16 Å². The molecular formula is C9H19N3O3. The van der Waals surface area contributed by atoms with Crippen LogP contribution in [0.2, 0.25) is 0 Å². The van der Waals surface area contributed by atoms with Crippen molar-refractivity contribution in [3.63, 3.8) is 0 Å². The van der Waals surface area contributed by atoms with Crippen molar-refractivity contribution in [1.82, 2.24) is 4.90 Å². The van der Waals surface area contributed by atoms with Gasteiger partial charge in [0.05, 0.1) is 6.54 Å². The van der Waals surface area contributed by atoms with Gasteiger partial charge in [-0.3, -0.25) is 4.79 Å². The number of ether oxygens (including phenoxy) is 1. The van der Waals surface area contributed by atoms with Crippen molar-refractivity contribution in [3.05, 3.63) is 0 Å². The molecular weight excluding hydrogens is 198 g/mol. The van der Waals surface area contributed by atoms with Gasteiger partial charge in [0.15, 0.2) is 5.84 Å². The molecule has 0 saturated carbocycles. The lowest BCUT2D eigenvalue weighted by atomic mass is 10.3. The molecule has 0 fully saturated rings. The molecule has 88 valence electrons. The van der Waals surface area contributed by atoms with E-state index in [1.165, 1.54) is 4.90 Å². The highest BCUT2D eigenvalue weighted by molar-refractivity contribution is 5.86. The number of hydrogen-bond donors (Lipinski definition) is 2. The maximum Gasteiger partial charge on any atom is 0.223 e. The van der Waals surface area contributed by atoms with E-state index in [-0.39, 0.29) is 18.3 Å². The Morgan fingerprint density at radius 2 is 2.27 bits per heavy atom. The minimum Gasteiger partial charge on any atom is -0.409 e. The zero-order chi connectivity index (χ0) is 11.7. The van der Waals surface area contributed by atoms with Crippen molar-refractivity contribution in [2.24, 2.45) is 10.9 Å². The Bertz CT molecular complexity index is 219. The summed E-state index contributed by atoms with van der Waals surface area (Å²) in [7, 11) is 1.60. The third-order valence-electron chi connectivity index (χ3n) is 1.95. The number of oxime groups is 1. The van der Waals surface area contributed by atoms with E-state index in [9.17, 15) is 4.79 Å². The summed E-state index contributed by atoms with van der Waals surface area (Å²) in [5, 5.41) is 11.2. The lowest BCUT2D eigenvalue weighted by Gasteiger charge is -2.19. The van der Waals surface area contributed by atoms with Gasteiger partial charge in [-0.15, -0.1) is 0 Å². The normalized spacial score (nSPS) is 11.5. The van der Waals surface area contributed by atoms with Crippen LogP contribution in [0, 0.1) is 0 Å². The third-order valence-corrected chi connectivity index (χ3v) is 1.95. The number of hydrogen-bond acceptors (Lipinski definition) is 4. The smallest absolute Gasteiger partial charge is 0.223 e. The number of nitrogens with zero attached hydrogens (tertiary/aromatic N) is 2. The van der Waals surface area contributed by atoms with Crippen molar-refractivity contribution >= 4 is 11.7 Å². The van der Waals surface area contributed by atoms with E-state index in [0.717, 1.165) is 0 Å². The highest BCUT2D eigenvalue weighted by Crippen LogP contribution is 1.98. The number of likely N-dealkylation sites (N-methyl/N-ethyl adjacent to an activating group) is 1. The number of carbonyl (C=O) groups is 1. The molecule has 0 atom stereocenters. The maximum absolute atomic E-state index is 11.6. The number of amides is 1. The molecule has 1 amide bonds. The zero-order valence-electron chi connectivity index (χ0n) is 9.27. The van der Waals surface area contributed by atoms with Crippen molar-refractivity contribution in [2.45, 2.75) is 19.8 Å². The molecule has 6 nitrogen and oxygen atoms in total. The van der Waals surface area contributed by atoms with Gasteiger partial charge in [0.25, 0.3) is 0 Å². The number of methoxy groups -OCH3 is 1. The second-order valence-electron chi connectivity index (χ2n) is 3.10. The minimum absolute atomic E-state index is 0.0128. The maximum atomic E-state index is 11.6. The molecule has 0 aliphatic heterocycles. The highest BCUT2D eigenvalue weighted by atomic mass is 16.5. The van der Waals surface area contributed by atoms with E-state index in [0.29, 0.717) is 26.0 Å². The largest absolute Gasteiger partial charge is 0.409 e. The summed E-state index contributed by atoms with van der Waals surface area (Å²) in [5.74, 6) is 0.0260. The standard InChI is InChI=1S/C9H19N3O3/c1-3-12(7-8(10)11-14)9(13)5-4-6-15-2/h14H,3-7H2,1-2H3,(H2,10,11). The number of rotatable bonds is 7. The second kappa shape index (κ2) is 8.05. The van der Waals surface area contributed by atoms with Gasteiger partial charge in [0, 0.05) is 26.7 Å². The van der Waals surface area contributed by atoms with Crippen LogP contribution in [0.5, 0.6) is 0 Å². The minimum atomic E-state index is -0.0128. The van der Waals surface area contributed by atoms with Gasteiger partial charge in [-0.1, -0.05) is 5.16 Å². The quantitative estimate of drug-likeness (QED) is 0.207. The fourth-order valence-electron chi connectivity index (χ4n) is 1.13. The molecule has 0 rings (SSSR count). The highest BCUT2D eigenvalue weighted by Gasteiger charge is 2.12. The summed E-state index contributed by atoms with van der Waals surface area (Å²) >= 11 is 0. The van der Waals surface area contributed by atoms with E-state index in [1.807, 2.05) is 6.92 Å². The summed E-state index contributed by atoms with van der Waals surface area (Å²) < 4.78 is 4.85. The number of amidine groups is 1. The molecule has 0 bridgehead atoms. The van der Waals surface area contributed by atoms with Gasteiger partial charge in [0.1, 0.15) is 0 Å². The first-order chi connectivity index (χ1) is 7.15. The van der Waals surface area contributed by atoms with Crippen molar-refractivity contribution in [1.29, 1.82) is 0 Å². The average molecular weight is 217 g/mol. The van der Waals surface area contributed by atoms with Crippen LogP contribution in [0.4, 0.5) is 0 Å². The summed E-state index contributed by atoms with van der Waals surface area (Å²) in [6.45, 7) is 3.12. The lowest BCUT2D eigenvalue weighted by Crippen LogP contribution is -2.38. The molecule has 0 aromatic carbocycles. The SMILES string of the molecule is CCN(CC(N)=NO)C(=O)CCCOC. The van der Waals surface area contributed by atoms with Gasteiger partial charge in [0.2, 0.25) is 5.91 Å².